The summed E-state index contributed by atoms with van der Waals surface area (Å²) in [5.41, 5.74) is 1.89. The van der Waals surface area contributed by atoms with Gasteiger partial charge in [-0.05, 0) is 79.9 Å². The van der Waals surface area contributed by atoms with E-state index in [1.165, 1.54) is 23.8 Å². The van der Waals surface area contributed by atoms with Gasteiger partial charge in [-0.25, -0.2) is 8.42 Å². The van der Waals surface area contributed by atoms with Crippen molar-refractivity contribution in [3.05, 3.63) is 105 Å². The zero-order valence-electron chi connectivity index (χ0n) is 20.4. The Bertz CT molecular complexity index is 1360. The van der Waals surface area contributed by atoms with E-state index in [1.54, 1.807) is 10.4 Å². The monoisotopic (exact) mass is 583 g/mol. The molecule has 2 fully saturated rings. The summed E-state index contributed by atoms with van der Waals surface area (Å²) < 4.78 is 31.1. The molecule has 1 aliphatic carbocycles. The Kier molecular flexibility index (Phi) is 7.76. The van der Waals surface area contributed by atoms with Crippen molar-refractivity contribution in [2.24, 2.45) is 11.8 Å². The number of para-hydroxylation sites is 1. The van der Waals surface area contributed by atoms with Gasteiger partial charge in [-0.3, -0.25) is 10.1 Å². The molecule has 0 radical (unpaired) electrons. The van der Waals surface area contributed by atoms with Crippen LogP contribution in [0.1, 0.15) is 24.0 Å². The molecule has 0 bridgehead atoms. The minimum absolute atomic E-state index is 0.0531. The van der Waals surface area contributed by atoms with Gasteiger partial charge in [0.1, 0.15) is 0 Å². The molecule has 37 heavy (non-hydrogen) atoms. The van der Waals surface area contributed by atoms with Gasteiger partial charge in [-0.1, -0.05) is 70.5 Å². The van der Waals surface area contributed by atoms with Crippen LogP contribution in [-0.2, 0) is 22.9 Å². The second-order valence-electron chi connectivity index (χ2n) is 9.96. The van der Waals surface area contributed by atoms with Crippen molar-refractivity contribution in [3.8, 4) is 0 Å². The molecule has 1 unspecified atom stereocenters. The molecule has 194 valence electrons. The summed E-state index contributed by atoms with van der Waals surface area (Å²) in [5, 5.41) is 15.3. The number of nitro benzene ring substituents is 1. The molecule has 1 heterocycles. The molecule has 3 aromatic carbocycles. The van der Waals surface area contributed by atoms with Crippen LogP contribution in [0.3, 0.4) is 0 Å². The number of hydrogen-bond donors (Lipinski definition) is 1. The van der Waals surface area contributed by atoms with Crippen LogP contribution in [0, 0.1) is 22.0 Å². The Morgan fingerprint density at radius 3 is 2.38 bits per heavy atom. The number of rotatable bonds is 10. The first-order valence-electron chi connectivity index (χ1n) is 12.6. The highest BCUT2D eigenvalue weighted by molar-refractivity contribution is 9.10. The Labute approximate surface area is 226 Å². The lowest BCUT2D eigenvalue weighted by Crippen LogP contribution is -2.49. The highest BCUT2D eigenvalue weighted by Crippen LogP contribution is 2.41. The zero-order valence-corrected chi connectivity index (χ0v) is 22.8. The molecule has 0 aromatic heterocycles. The van der Waals surface area contributed by atoms with Crippen LogP contribution in [0.4, 0.5) is 5.69 Å². The van der Waals surface area contributed by atoms with Crippen molar-refractivity contribution >= 4 is 31.6 Å². The normalized spacial score (nSPS) is 20.7. The van der Waals surface area contributed by atoms with Gasteiger partial charge in [-0.2, -0.15) is 4.31 Å². The van der Waals surface area contributed by atoms with Crippen molar-refractivity contribution in [1.82, 2.24) is 9.62 Å². The van der Waals surface area contributed by atoms with E-state index in [1.807, 2.05) is 42.5 Å². The van der Waals surface area contributed by atoms with Gasteiger partial charge in [0.25, 0.3) is 5.69 Å². The Hall–Kier alpha value is -2.59. The molecule has 1 N–H and O–H groups in total. The minimum atomic E-state index is -4.12. The lowest BCUT2D eigenvalue weighted by atomic mass is 9.82. The van der Waals surface area contributed by atoms with E-state index < -0.39 is 14.9 Å². The third kappa shape index (κ3) is 5.80. The van der Waals surface area contributed by atoms with Crippen LogP contribution in [0.15, 0.2) is 88.2 Å². The van der Waals surface area contributed by atoms with Gasteiger partial charge >= 0.3 is 0 Å². The Morgan fingerprint density at radius 2 is 1.68 bits per heavy atom. The highest BCUT2D eigenvalue weighted by atomic mass is 79.9. The predicted molar refractivity (Wildman–Crippen MR) is 147 cm³/mol. The van der Waals surface area contributed by atoms with E-state index in [2.05, 4.69) is 33.4 Å². The second-order valence-corrected chi connectivity index (χ2v) is 12.7. The largest absolute Gasteiger partial charge is 0.316 e. The van der Waals surface area contributed by atoms with Crippen molar-refractivity contribution in [2.45, 2.75) is 42.7 Å². The first kappa shape index (κ1) is 26.0. The molecule has 5 rings (SSSR count). The fourth-order valence-corrected chi connectivity index (χ4v) is 8.12. The molecule has 1 saturated carbocycles. The fraction of sp³-hybridized carbons (Fsp3) is 0.357. The average molecular weight is 585 g/mol. The van der Waals surface area contributed by atoms with Crippen LogP contribution in [0.2, 0.25) is 0 Å². The second kappa shape index (κ2) is 11.0. The summed E-state index contributed by atoms with van der Waals surface area (Å²) in [6.45, 7) is 1.50. The summed E-state index contributed by atoms with van der Waals surface area (Å²) >= 11 is 3.56. The average Bonchev–Trinajstić information content (AvgIpc) is 3.61. The van der Waals surface area contributed by atoms with Gasteiger partial charge in [0, 0.05) is 22.6 Å². The maximum atomic E-state index is 14.2. The van der Waals surface area contributed by atoms with E-state index >= 15 is 0 Å². The molecule has 1 saturated heterocycles. The van der Waals surface area contributed by atoms with Crippen LogP contribution < -0.4 is 5.32 Å². The standard InChI is InChI=1S/C28H30BrN3O4S/c29-23-10-6-9-21(16-23)15-22-18-30-19-25(22)27(17-20-7-2-1-3-8-20)31(24-13-14-24)37(35,36)28-12-5-4-11-26(28)32(33)34/h1-12,16,22,24-25,27,30H,13-15,17-19H2/t22-,25-,27?/m1/s1. The molecule has 0 amide bonds. The van der Waals surface area contributed by atoms with Crippen molar-refractivity contribution in [3.63, 3.8) is 0 Å². The summed E-state index contributed by atoms with van der Waals surface area (Å²) in [6, 6.07) is 23.4. The molecule has 9 heteroatoms. The smallest absolute Gasteiger partial charge is 0.289 e. The molecule has 2 aliphatic rings. The van der Waals surface area contributed by atoms with Crippen molar-refractivity contribution < 1.29 is 13.3 Å². The topological polar surface area (TPSA) is 92.5 Å². The summed E-state index contributed by atoms with van der Waals surface area (Å²) in [4.78, 5) is 11.0. The van der Waals surface area contributed by atoms with Gasteiger partial charge < -0.3 is 5.32 Å². The first-order chi connectivity index (χ1) is 17.8. The van der Waals surface area contributed by atoms with Gasteiger partial charge in [0.05, 0.1) is 4.92 Å². The van der Waals surface area contributed by atoms with Gasteiger partial charge in [0.2, 0.25) is 10.0 Å². The molecule has 1 aliphatic heterocycles. The summed E-state index contributed by atoms with van der Waals surface area (Å²) in [6.07, 6.45) is 2.91. The van der Waals surface area contributed by atoms with Crippen LogP contribution in [0.5, 0.6) is 0 Å². The van der Waals surface area contributed by atoms with Crippen LogP contribution in [-0.4, -0.2) is 42.8 Å². The molecular formula is C28H30BrN3O4S. The Balaban J connectivity index is 1.56. The van der Waals surface area contributed by atoms with Gasteiger partial charge in [-0.15, -0.1) is 0 Å². The quantitative estimate of drug-likeness (QED) is 0.261. The van der Waals surface area contributed by atoms with E-state index in [0.29, 0.717) is 13.0 Å². The number of halogens is 1. The lowest BCUT2D eigenvalue weighted by Gasteiger charge is -2.37. The molecule has 3 atom stereocenters. The predicted octanol–water partition coefficient (Wildman–Crippen LogP) is 5.20. The molecule has 0 spiro atoms. The zero-order chi connectivity index (χ0) is 26.0. The first-order valence-corrected chi connectivity index (χ1v) is 14.8. The summed E-state index contributed by atoms with van der Waals surface area (Å²) in [5.74, 6) is 0.280. The van der Waals surface area contributed by atoms with E-state index in [9.17, 15) is 18.5 Å². The van der Waals surface area contributed by atoms with Crippen LogP contribution in [0.25, 0.3) is 0 Å². The maximum Gasteiger partial charge on any atom is 0.289 e. The Morgan fingerprint density at radius 1 is 0.973 bits per heavy atom. The van der Waals surface area contributed by atoms with E-state index in [-0.39, 0.29) is 34.5 Å². The van der Waals surface area contributed by atoms with Gasteiger partial charge in [0.15, 0.2) is 4.90 Å². The fourth-order valence-electron chi connectivity index (χ4n) is 5.59. The molecule has 3 aromatic rings. The number of nitro groups is 1. The third-order valence-corrected chi connectivity index (χ3v) is 9.93. The number of benzene rings is 3. The van der Waals surface area contributed by atoms with Crippen LogP contribution >= 0.6 is 15.9 Å². The number of nitrogens with zero attached hydrogens (tertiary/aromatic N) is 2. The summed E-state index contributed by atoms with van der Waals surface area (Å²) in [7, 11) is -4.12. The third-order valence-electron chi connectivity index (χ3n) is 7.41. The number of sulfonamides is 1. The minimum Gasteiger partial charge on any atom is -0.316 e. The van der Waals surface area contributed by atoms with Crippen molar-refractivity contribution in [1.29, 1.82) is 0 Å². The van der Waals surface area contributed by atoms with Crippen molar-refractivity contribution in [2.75, 3.05) is 13.1 Å². The lowest BCUT2D eigenvalue weighted by molar-refractivity contribution is -0.387. The highest BCUT2D eigenvalue weighted by Gasteiger charge is 2.49. The number of nitrogens with one attached hydrogen (secondary N) is 1. The SMILES string of the molecule is O=[N+]([O-])c1ccccc1S(=O)(=O)N(C1CC1)C(Cc1ccccc1)[C@@H]1CNC[C@H]1Cc1cccc(Br)c1. The maximum absolute atomic E-state index is 14.2. The van der Waals surface area contributed by atoms with E-state index in [0.717, 1.165) is 35.8 Å². The number of hydrogen-bond acceptors (Lipinski definition) is 5. The molecule has 7 nitrogen and oxygen atoms in total. The molecular weight excluding hydrogens is 554 g/mol. The van der Waals surface area contributed by atoms with E-state index in [4.69, 9.17) is 0 Å².